The summed E-state index contributed by atoms with van der Waals surface area (Å²) in [6.07, 6.45) is 4.44. The summed E-state index contributed by atoms with van der Waals surface area (Å²) in [4.78, 5) is 11.8. The average Bonchev–Trinajstić information content (AvgIpc) is 2.31. The van der Waals surface area contributed by atoms with Crippen molar-refractivity contribution in [2.24, 2.45) is 0 Å². The highest BCUT2D eigenvalue weighted by Crippen LogP contribution is 2.08. The van der Waals surface area contributed by atoms with Gasteiger partial charge >= 0.3 is 0 Å². The monoisotopic (exact) mass is 326 g/mol. The number of rotatable bonds is 7. The first-order valence-electron chi connectivity index (χ1n) is 7.18. The van der Waals surface area contributed by atoms with Crippen molar-refractivity contribution in [2.75, 3.05) is 18.1 Å². The molecule has 0 aromatic rings. The van der Waals surface area contributed by atoms with Crippen LogP contribution in [0.4, 0.5) is 0 Å². The molecule has 1 fully saturated rings. The second-order valence-corrected chi connectivity index (χ2v) is 7.54. The SMILES string of the molecule is CCCCCS(=O)(=O)CC(=O)NC1CCCNC1C.Cl. The molecule has 0 aromatic carbocycles. The van der Waals surface area contributed by atoms with Gasteiger partial charge in [-0.05, 0) is 32.7 Å². The lowest BCUT2D eigenvalue weighted by molar-refractivity contribution is -0.119. The maximum atomic E-state index is 11.8. The highest BCUT2D eigenvalue weighted by atomic mass is 35.5. The number of nitrogens with one attached hydrogen (secondary N) is 2. The largest absolute Gasteiger partial charge is 0.351 e. The summed E-state index contributed by atoms with van der Waals surface area (Å²) >= 11 is 0. The van der Waals surface area contributed by atoms with Crippen molar-refractivity contribution in [3.05, 3.63) is 0 Å². The quantitative estimate of drug-likeness (QED) is 0.691. The first-order valence-corrected chi connectivity index (χ1v) is 9.00. The lowest BCUT2D eigenvalue weighted by atomic mass is 10.00. The van der Waals surface area contributed by atoms with Gasteiger partial charge in [-0.25, -0.2) is 8.42 Å². The number of halogens is 1. The lowest BCUT2D eigenvalue weighted by Gasteiger charge is -2.30. The second kappa shape index (κ2) is 9.58. The number of carbonyl (C=O) groups is 1. The fourth-order valence-electron chi connectivity index (χ4n) is 2.33. The number of sulfone groups is 1. The molecule has 1 saturated heterocycles. The van der Waals surface area contributed by atoms with Gasteiger partial charge in [-0.2, -0.15) is 0 Å². The highest BCUT2D eigenvalue weighted by molar-refractivity contribution is 7.92. The zero-order valence-corrected chi connectivity index (χ0v) is 14.0. The van der Waals surface area contributed by atoms with Gasteiger partial charge in [-0.1, -0.05) is 19.8 Å². The Bertz CT molecular complexity index is 387. The van der Waals surface area contributed by atoms with E-state index < -0.39 is 9.84 Å². The van der Waals surface area contributed by atoms with Gasteiger partial charge in [0, 0.05) is 12.1 Å². The summed E-state index contributed by atoms with van der Waals surface area (Å²) in [7, 11) is -3.25. The van der Waals surface area contributed by atoms with Gasteiger partial charge < -0.3 is 10.6 Å². The Hall–Kier alpha value is -0.330. The number of unbranched alkanes of at least 4 members (excludes halogenated alkanes) is 2. The molecule has 1 aliphatic heterocycles. The Balaban J connectivity index is 0.00000361. The first kappa shape index (κ1) is 19.7. The Kier molecular flexibility index (Phi) is 9.42. The van der Waals surface area contributed by atoms with Crippen LogP contribution >= 0.6 is 12.4 Å². The minimum atomic E-state index is -3.25. The normalized spacial score (nSPS) is 22.9. The van der Waals surface area contributed by atoms with E-state index in [0.29, 0.717) is 6.42 Å². The molecule has 2 atom stereocenters. The van der Waals surface area contributed by atoms with Crippen LogP contribution in [0.1, 0.15) is 46.0 Å². The molecule has 1 heterocycles. The molecule has 1 amide bonds. The molecular formula is C13H27ClN2O3S. The van der Waals surface area contributed by atoms with Gasteiger partial charge in [0.25, 0.3) is 0 Å². The maximum absolute atomic E-state index is 11.8. The molecular weight excluding hydrogens is 300 g/mol. The van der Waals surface area contributed by atoms with Gasteiger partial charge in [0.2, 0.25) is 5.91 Å². The zero-order chi connectivity index (χ0) is 14.3. The predicted molar refractivity (Wildman–Crippen MR) is 84.1 cm³/mol. The molecule has 0 aromatic heterocycles. The Morgan fingerprint density at radius 2 is 2.05 bits per heavy atom. The second-order valence-electron chi connectivity index (χ2n) is 5.36. The molecule has 120 valence electrons. The fourth-order valence-corrected chi connectivity index (χ4v) is 3.60. The van der Waals surface area contributed by atoms with Gasteiger partial charge in [-0.15, -0.1) is 12.4 Å². The van der Waals surface area contributed by atoms with E-state index in [0.717, 1.165) is 32.2 Å². The van der Waals surface area contributed by atoms with Crippen LogP contribution in [0.15, 0.2) is 0 Å². The van der Waals surface area contributed by atoms with Crippen LogP contribution in [0.5, 0.6) is 0 Å². The van der Waals surface area contributed by atoms with Crippen LogP contribution in [0, 0.1) is 0 Å². The van der Waals surface area contributed by atoms with E-state index in [1.165, 1.54) is 0 Å². The summed E-state index contributed by atoms with van der Waals surface area (Å²) in [5, 5.41) is 6.11. The molecule has 5 nitrogen and oxygen atoms in total. The van der Waals surface area contributed by atoms with Crippen molar-refractivity contribution in [2.45, 2.75) is 58.0 Å². The number of amides is 1. The standard InChI is InChI=1S/C13H26N2O3S.ClH/c1-3-4-5-9-19(17,18)10-13(16)15-12-7-6-8-14-11(12)2;/h11-12,14H,3-10H2,1-2H3,(H,15,16);1H. The van der Waals surface area contributed by atoms with E-state index in [1.807, 2.05) is 13.8 Å². The summed E-state index contributed by atoms with van der Waals surface area (Å²) in [6, 6.07) is 0.257. The van der Waals surface area contributed by atoms with Crippen LogP contribution < -0.4 is 10.6 Å². The summed E-state index contributed by atoms with van der Waals surface area (Å²) in [5.41, 5.74) is 0. The minimum absolute atomic E-state index is 0. The topological polar surface area (TPSA) is 75.3 Å². The molecule has 1 aliphatic rings. The fraction of sp³-hybridized carbons (Fsp3) is 0.923. The Labute approximate surface area is 128 Å². The molecule has 0 saturated carbocycles. The van der Waals surface area contributed by atoms with E-state index in [4.69, 9.17) is 0 Å². The number of carbonyl (C=O) groups excluding carboxylic acids is 1. The molecule has 2 unspecified atom stereocenters. The van der Waals surface area contributed by atoms with Gasteiger partial charge in [0.1, 0.15) is 5.75 Å². The molecule has 0 radical (unpaired) electrons. The zero-order valence-electron chi connectivity index (χ0n) is 12.4. The van der Waals surface area contributed by atoms with Crippen molar-refractivity contribution in [3.63, 3.8) is 0 Å². The van der Waals surface area contributed by atoms with Gasteiger partial charge in [0.05, 0.1) is 5.75 Å². The third kappa shape index (κ3) is 7.45. The van der Waals surface area contributed by atoms with Crippen molar-refractivity contribution in [3.8, 4) is 0 Å². The Morgan fingerprint density at radius 1 is 1.35 bits per heavy atom. The van der Waals surface area contributed by atoms with Crippen molar-refractivity contribution in [1.82, 2.24) is 10.6 Å². The maximum Gasteiger partial charge on any atom is 0.235 e. The van der Waals surface area contributed by atoms with Crippen LogP contribution in [0.2, 0.25) is 0 Å². The van der Waals surface area contributed by atoms with Crippen LogP contribution in [-0.4, -0.2) is 44.5 Å². The van der Waals surface area contributed by atoms with E-state index in [1.54, 1.807) is 0 Å². The van der Waals surface area contributed by atoms with E-state index in [2.05, 4.69) is 10.6 Å². The number of piperidine rings is 1. The molecule has 0 aliphatic carbocycles. The third-order valence-electron chi connectivity index (χ3n) is 3.52. The van der Waals surface area contributed by atoms with Gasteiger partial charge in [0.15, 0.2) is 9.84 Å². The molecule has 0 bridgehead atoms. The molecule has 1 rings (SSSR count). The lowest BCUT2D eigenvalue weighted by Crippen LogP contribution is -2.52. The van der Waals surface area contributed by atoms with Crippen LogP contribution in [0.25, 0.3) is 0 Å². The van der Waals surface area contributed by atoms with Gasteiger partial charge in [-0.3, -0.25) is 4.79 Å². The van der Waals surface area contributed by atoms with Crippen LogP contribution in [-0.2, 0) is 14.6 Å². The molecule has 20 heavy (non-hydrogen) atoms. The highest BCUT2D eigenvalue weighted by Gasteiger charge is 2.24. The molecule has 0 spiro atoms. The minimum Gasteiger partial charge on any atom is -0.351 e. The van der Waals surface area contributed by atoms with Crippen molar-refractivity contribution in [1.29, 1.82) is 0 Å². The summed E-state index contributed by atoms with van der Waals surface area (Å²) in [5.74, 6) is -0.621. The third-order valence-corrected chi connectivity index (χ3v) is 5.13. The average molecular weight is 327 g/mol. The molecule has 7 heteroatoms. The van der Waals surface area contributed by atoms with Crippen molar-refractivity contribution < 1.29 is 13.2 Å². The first-order chi connectivity index (χ1) is 8.94. The number of hydrogen-bond donors (Lipinski definition) is 2. The predicted octanol–water partition coefficient (Wildman–Crippen LogP) is 1.27. The Morgan fingerprint density at radius 3 is 2.65 bits per heavy atom. The summed E-state index contributed by atoms with van der Waals surface area (Å²) in [6.45, 7) is 5.00. The van der Waals surface area contributed by atoms with E-state index >= 15 is 0 Å². The summed E-state index contributed by atoms with van der Waals surface area (Å²) < 4.78 is 23.5. The van der Waals surface area contributed by atoms with Crippen molar-refractivity contribution >= 4 is 28.2 Å². The van der Waals surface area contributed by atoms with E-state index in [9.17, 15) is 13.2 Å². The smallest absolute Gasteiger partial charge is 0.235 e. The van der Waals surface area contributed by atoms with Crippen LogP contribution in [0.3, 0.4) is 0 Å². The number of hydrogen-bond acceptors (Lipinski definition) is 4. The molecule has 2 N–H and O–H groups in total. The van der Waals surface area contributed by atoms with E-state index in [-0.39, 0.29) is 41.9 Å².